The van der Waals surface area contributed by atoms with Gasteiger partial charge in [-0.05, 0) is 32.0 Å². The van der Waals surface area contributed by atoms with Crippen LogP contribution >= 0.6 is 0 Å². The van der Waals surface area contributed by atoms with E-state index in [-0.39, 0.29) is 11.9 Å². The van der Waals surface area contributed by atoms with Crippen molar-refractivity contribution in [3.63, 3.8) is 0 Å². The van der Waals surface area contributed by atoms with Crippen molar-refractivity contribution in [3.05, 3.63) is 48.3 Å². The van der Waals surface area contributed by atoms with Gasteiger partial charge in [0, 0.05) is 24.5 Å². The molecule has 2 rings (SSSR count). The van der Waals surface area contributed by atoms with Crippen molar-refractivity contribution in [2.45, 2.75) is 26.3 Å². The van der Waals surface area contributed by atoms with E-state index in [1.807, 2.05) is 50.4 Å². The minimum Gasteiger partial charge on any atom is -0.326 e. The predicted molar refractivity (Wildman–Crippen MR) is 71.4 cm³/mol. The van der Waals surface area contributed by atoms with E-state index in [0.29, 0.717) is 6.42 Å². The summed E-state index contributed by atoms with van der Waals surface area (Å²) in [4.78, 5) is 11.9. The lowest BCUT2D eigenvalue weighted by atomic mass is 10.2. The average molecular weight is 243 g/mol. The van der Waals surface area contributed by atoms with Gasteiger partial charge in [-0.2, -0.15) is 5.10 Å². The molecule has 1 unspecified atom stereocenters. The highest BCUT2D eigenvalue weighted by atomic mass is 16.1. The van der Waals surface area contributed by atoms with Gasteiger partial charge < -0.3 is 5.32 Å². The maximum atomic E-state index is 11.9. The SMILES string of the molecule is Cc1ccc(NC(=O)CC(C)n2cccn2)cc1. The highest BCUT2D eigenvalue weighted by Gasteiger charge is 2.10. The molecule has 94 valence electrons. The smallest absolute Gasteiger partial charge is 0.226 e. The van der Waals surface area contributed by atoms with Crippen molar-refractivity contribution in [1.29, 1.82) is 0 Å². The van der Waals surface area contributed by atoms with Crippen LogP contribution in [0.5, 0.6) is 0 Å². The second-order valence-electron chi connectivity index (χ2n) is 4.45. The molecule has 1 aromatic carbocycles. The highest BCUT2D eigenvalue weighted by Crippen LogP contribution is 2.12. The molecular weight excluding hydrogens is 226 g/mol. The molecule has 0 spiro atoms. The van der Waals surface area contributed by atoms with Crippen LogP contribution in [-0.2, 0) is 4.79 Å². The molecule has 4 heteroatoms. The van der Waals surface area contributed by atoms with Gasteiger partial charge in [0.25, 0.3) is 0 Å². The molecule has 0 aliphatic rings. The van der Waals surface area contributed by atoms with Crippen LogP contribution in [0.3, 0.4) is 0 Å². The van der Waals surface area contributed by atoms with Gasteiger partial charge >= 0.3 is 0 Å². The number of amides is 1. The fraction of sp³-hybridized carbons (Fsp3) is 0.286. The average Bonchev–Trinajstić information content (AvgIpc) is 2.85. The Bertz CT molecular complexity index is 502. The zero-order valence-electron chi connectivity index (χ0n) is 10.6. The molecule has 0 aliphatic heterocycles. The summed E-state index contributed by atoms with van der Waals surface area (Å²) in [6.45, 7) is 3.99. The van der Waals surface area contributed by atoms with Crippen molar-refractivity contribution < 1.29 is 4.79 Å². The van der Waals surface area contributed by atoms with E-state index in [9.17, 15) is 4.79 Å². The molecule has 2 aromatic rings. The highest BCUT2D eigenvalue weighted by molar-refractivity contribution is 5.90. The van der Waals surface area contributed by atoms with E-state index < -0.39 is 0 Å². The van der Waals surface area contributed by atoms with Crippen molar-refractivity contribution in [1.82, 2.24) is 9.78 Å². The lowest BCUT2D eigenvalue weighted by molar-refractivity contribution is -0.116. The number of rotatable bonds is 4. The van der Waals surface area contributed by atoms with Crippen LogP contribution in [0.15, 0.2) is 42.7 Å². The number of nitrogens with zero attached hydrogens (tertiary/aromatic N) is 2. The summed E-state index contributed by atoms with van der Waals surface area (Å²) in [6, 6.07) is 9.69. The first-order valence-corrected chi connectivity index (χ1v) is 6.01. The minimum atomic E-state index is 0.00172. The van der Waals surface area contributed by atoms with E-state index in [1.54, 1.807) is 10.9 Å². The fourth-order valence-corrected chi connectivity index (χ4v) is 1.75. The van der Waals surface area contributed by atoms with E-state index in [0.717, 1.165) is 5.69 Å². The Balaban J connectivity index is 1.91. The van der Waals surface area contributed by atoms with Gasteiger partial charge in [0.05, 0.1) is 6.04 Å². The van der Waals surface area contributed by atoms with Crippen LogP contribution in [-0.4, -0.2) is 15.7 Å². The first kappa shape index (κ1) is 12.4. The first-order chi connectivity index (χ1) is 8.65. The normalized spacial score (nSPS) is 12.1. The second-order valence-corrected chi connectivity index (χ2v) is 4.45. The minimum absolute atomic E-state index is 0.00172. The van der Waals surface area contributed by atoms with Crippen LogP contribution in [0.2, 0.25) is 0 Å². The third-order valence-electron chi connectivity index (χ3n) is 2.79. The summed E-state index contributed by atoms with van der Waals surface area (Å²) in [5, 5.41) is 7.01. The maximum absolute atomic E-state index is 11.9. The molecule has 0 radical (unpaired) electrons. The number of anilines is 1. The molecule has 0 fully saturated rings. The molecule has 4 nitrogen and oxygen atoms in total. The van der Waals surface area contributed by atoms with Crippen molar-refractivity contribution in [2.75, 3.05) is 5.32 Å². The summed E-state index contributed by atoms with van der Waals surface area (Å²) in [5.41, 5.74) is 2.01. The van der Waals surface area contributed by atoms with Gasteiger partial charge in [-0.15, -0.1) is 0 Å². The molecule has 0 saturated carbocycles. The Morgan fingerprint density at radius 1 is 1.39 bits per heavy atom. The van der Waals surface area contributed by atoms with Crippen molar-refractivity contribution in [2.24, 2.45) is 0 Å². The van der Waals surface area contributed by atoms with Gasteiger partial charge in [-0.1, -0.05) is 17.7 Å². The number of nitrogens with one attached hydrogen (secondary N) is 1. The number of aryl methyl sites for hydroxylation is 1. The van der Waals surface area contributed by atoms with Crippen molar-refractivity contribution in [3.8, 4) is 0 Å². The molecule has 1 amide bonds. The Labute approximate surface area is 107 Å². The van der Waals surface area contributed by atoms with E-state index in [4.69, 9.17) is 0 Å². The molecule has 0 bridgehead atoms. The van der Waals surface area contributed by atoms with Crippen LogP contribution in [0.25, 0.3) is 0 Å². The molecular formula is C14H17N3O. The Kier molecular flexibility index (Phi) is 3.77. The Hall–Kier alpha value is -2.10. The predicted octanol–water partition coefficient (Wildman–Crippen LogP) is 2.78. The Morgan fingerprint density at radius 3 is 2.72 bits per heavy atom. The summed E-state index contributed by atoms with van der Waals surface area (Å²) < 4.78 is 1.79. The molecule has 0 aliphatic carbocycles. The number of hydrogen-bond donors (Lipinski definition) is 1. The third kappa shape index (κ3) is 3.20. The van der Waals surface area contributed by atoms with Crippen molar-refractivity contribution >= 4 is 11.6 Å². The topological polar surface area (TPSA) is 46.9 Å². The number of carbonyl (C=O) groups excluding carboxylic acids is 1. The number of aromatic nitrogens is 2. The van der Waals surface area contributed by atoms with E-state index in [2.05, 4.69) is 10.4 Å². The summed E-state index contributed by atoms with van der Waals surface area (Å²) in [5.74, 6) is 0.00172. The number of benzene rings is 1. The number of carbonyl (C=O) groups is 1. The second kappa shape index (κ2) is 5.49. The quantitative estimate of drug-likeness (QED) is 0.897. The fourth-order valence-electron chi connectivity index (χ4n) is 1.75. The lowest BCUT2D eigenvalue weighted by Crippen LogP contribution is -2.17. The van der Waals surface area contributed by atoms with Gasteiger partial charge in [0.1, 0.15) is 0 Å². The van der Waals surface area contributed by atoms with Gasteiger partial charge in [0.2, 0.25) is 5.91 Å². The van der Waals surface area contributed by atoms with Crippen LogP contribution in [0, 0.1) is 6.92 Å². The largest absolute Gasteiger partial charge is 0.326 e. The van der Waals surface area contributed by atoms with Crippen LogP contribution < -0.4 is 5.32 Å². The molecule has 1 N–H and O–H groups in total. The monoisotopic (exact) mass is 243 g/mol. The summed E-state index contributed by atoms with van der Waals surface area (Å²) in [7, 11) is 0. The van der Waals surface area contributed by atoms with Gasteiger partial charge in [-0.3, -0.25) is 9.48 Å². The first-order valence-electron chi connectivity index (χ1n) is 6.01. The summed E-state index contributed by atoms with van der Waals surface area (Å²) >= 11 is 0. The Morgan fingerprint density at radius 2 is 2.11 bits per heavy atom. The van der Waals surface area contributed by atoms with Crippen LogP contribution in [0.4, 0.5) is 5.69 Å². The summed E-state index contributed by atoms with van der Waals surface area (Å²) in [6.07, 6.45) is 3.99. The maximum Gasteiger partial charge on any atom is 0.226 e. The molecule has 1 heterocycles. The lowest BCUT2D eigenvalue weighted by Gasteiger charge is -2.12. The molecule has 1 atom stereocenters. The molecule has 1 aromatic heterocycles. The van der Waals surface area contributed by atoms with Gasteiger partial charge in [0.15, 0.2) is 0 Å². The molecule has 0 saturated heterocycles. The van der Waals surface area contributed by atoms with E-state index in [1.165, 1.54) is 5.56 Å². The zero-order valence-corrected chi connectivity index (χ0v) is 10.6. The third-order valence-corrected chi connectivity index (χ3v) is 2.79. The zero-order chi connectivity index (χ0) is 13.0. The molecule has 18 heavy (non-hydrogen) atoms. The van der Waals surface area contributed by atoms with Crippen LogP contribution in [0.1, 0.15) is 24.9 Å². The number of hydrogen-bond acceptors (Lipinski definition) is 2. The standard InChI is InChI=1S/C14H17N3O/c1-11-4-6-13(7-5-11)16-14(18)10-12(2)17-9-3-8-15-17/h3-9,12H,10H2,1-2H3,(H,16,18). The van der Waals surface area contributed by atoms with E-state index >= 15 is 0 Å². The van der Waals surface area contributed by atoms with Gasteiger partial charge in [-0.25, -0.2) is 0 Å².